The Morgan fingerprint density at radius 3 is 2.30 bits per heavy atom. The van der Waals surface area contributed by atoms with E-state index in [1.54, 1.807) is 18.2 Å². The van der Waals surface area contributed by atoms with Crippen molar-refractivity contribution >= 4 is 82.7 Å². The van der Waals surface area contributed by atoms with E-state index in [1.165, 1.54) is 24.3 Å². The van der Waals surface area contributed by atoms with Crippen molar-refractivity contribution in [2.45, 2.75) is 14.7 Å². The number of para-hydroxylation sites is 1. The number of hydrogen-bond donors (Lipinski definition) is 5. The summed E-state index contributed by atoms with van der Waals surface area (Å²) in [7, 11) is -10.1. The van der Waals surface area contributed by atoms with Gasteiger partial charge in [0, 0.05) is 0 Å². The molecule has 1 atom stereocenters. The lowest BCUT2D eigenvalue weighted by Crippen LogP contribution is -2.23. The zero-order valence-electron chi connectivity index (χ0n) is 20.8. The Balaban J connectivity index is 1.61. The third-order valence-electron chi connectivity index (χ3n) is 6.10. The van der Waals surface area contributed by atoms with Crippen molar-refractivity contribution in [1.82, 2.24) is 4.98 Å². The number of anilines is 3. The Morgan fingerprint density at radius 1 is 0.977 bits per heavy atom. The summed E-state index contributed by atoms with van der Waals surface area (Å²) < 4.78 is 98.7. The topological polar surface area (TPSA) is 232 Å². The summed E-state index contributed by atoms with van der Waals surface area (Å²) in [5.41, 5.74) is 4.51. The first-order valence-electron chi connectivity index (χ1n) is 11.5. The Hall–Kier alpha value is -3.97. The third-order valence-corrected chi connectivity index (χ3v) is 9.68. The molecule has 1 aliphatic carbocycles. The van der Waals surface area contributed by atoms with Gasteiger partial charge in [-0.1, -0.05) is 41.4 Å². The molecule has 0 bridgehead atoms. The van der Waals surface area contributed by atoms with Gasteiger partial charge < -0.3 is 24.4 Å². The van der Waals surface area contributed by atoms with Crippen LogP contribution in [0.2, 0.25) is 10.0 Å². The quantitative estimate of drug-likeness (QED) is 0.0938. The van der Waals surface area contributed by atoms with E-state index < -0.39 is 62.9 Å². The highest BCUT2D eigenvalue weighted by atomic mass is 35.5. The second kappa shape index (κ2) is 10.1. The Bertz CT molecular complexity index is 2300. The van der Waals surface area contributed by atoms with E-state index in [1.807, 2.05) is 0 Å². The van der Waals surface area contributed by atoms with Crippen molar-refractivity contribution in [2.24, 2.45) is 0 Å². The van der Waals surface area contributed by atoms with Gasteiger partial charge in [0.1, 0.15) is 37.6 Å². The molecular weight excluding hydrogens is 671 g/mol. The number of halogens is 2. The van der Waals surface area contributed by atoms with Gasteiger partial charge in [0.05, 0.1) is 16.7 Å². The number of aromatic nitrogens is 1. The molecule has 3 aromatic rings. The molecule has 14 nitrogen and oxygen atoms in total. The van der Waals surface area contributed by atoms with Gasteiger partial charge in [-0.05, 0) is 30.3 Å². The van der Waals surface area contributed by atoms with Crippen molar-refractivity contribution < 1.29 is 43.5 Å². The Kier molecular flexibility index (Phi) is 6.81. The minimum Gasteiger partial charge on any atom is -0.450 e. The molecule has 222 valence electrons. The van der Waals surface area contributed by atoms with Gasteiger partial charge in [0.25, 0.3) is 10.1 Å². The number of nitrogens with one attached hydrogen (secondary N) is 2. The fourth-order valence-corrected chi connectivity index (χ4v) is 7.25. The maximum Gasteiger partial charge on any atom is 0.300 e. The van der Waals surface area contributed by atoms with Crippen LogP contribution in [0.15, 0.2) is 67.6 Å². The summed E-state index contributed by atoms with van der Waals surface area (Å²) >= 11 is 10.7. The highest BCUT2D eigenvalue weighted by Crippen LogP contribution is 2.55. The maximum absolute atomic E-state index is 13.1. The van der Waals surface area contributed by atoms with E-state index in [0.717, 1.165) is 6.07 Å². The van der Waals surface area contributed by atoms with Gasteiger partial charge in [0.2, 0.25) is 11.1 Å². The highest BCUT2D eigenvalue weighted by Gasteiger charge is 2.35. The average molecular weight is 686 g/mol. The molecular formula is C24H14Cl2N4O10S3. The van der Waals surface area contributed by atoms with Gasteiger partial charge in [-0.2, -0.15) is 16.8 Å². The molecule has 0 saturated heterocycles. The first-order chi connectivity index (χ1) is 20.2. The van der Waals surface area contributed by atoms with Crippen LogP contribution in [0.3, 0.4) is 0 Å². The Morgan fingerprint density at radius 2 is 1.65 bits per heavy atom. The van der Waals surface area contributed by atoms with Crippen molar-refractivity contribution in [3.8, 4) is 28.7 Å². The minimum atomic E-state index is -5.18. The minimum absolute atomic E-state index is 0.0120. The molecule has 6 N–H and O–H groups in total. The van der Waals surface area contributed by atoms with E-state index >= 15 is 0 Å². The van der Waals surface area contributed by atoms with Crippen LogP contribution in [0.5, 0.6) is 17.2 Å². The molecule has 0 amide bonds. The molecule has 43 heavy (non-hydrogen) atoms. The molecule has 6 rings (SSSR count). The van der Waals surface area contributed by atoms with Crippen LogP contribution in [0.1, 0.15) is 0 Å². The fraction of sp³-hybridized carbons (Fsp3) is 0. The summed E-state index contributed by atoms with van der Waals surface area (Å²) in [5.74, 6) is -1.13. The molecule has 3 aliphatic rings. The number of benzene rings is 4. The first-order valence-corrected chi connectivity index (χ1v) is 16.2. The van der Waals surface area contributed by atoms with Crippen LogP contribution < -0.4 is 25.3 Å². The fourth-order valence-electron chi connectivity index (χ4n) is 4.31. The van der Waals surface area contributed by atoms with E-state index in [-0.39, 0.29) is 55.4 Å². The predicted octanol–water partition coefficient (Wildman–Crippen LogP) is 4.75. The largest absolute Gasteiger partial charge is 0.450 e. The van der Waals surface area contributed by atoms with Crippen molar-refractivity contribution in [1.29, 1.82) is 5.41 Å². The third kappa shape index (κ3) is 4.84. The molecule has 0 saturated carbocycles. The number of nitrogens with two attached hydrogens (primary N) is 1. The summed E-state index contributed by atoms with van der Waals surface area (Å²) in [6.45, 7) is 0. The molecule has 0 aromatic heterocycles. The second-order valence-corrected chi connectivity index (χ2v) is 13.4. The number of nitrogens with zero attached hydrogens (tertiary/aromatic N) is 1. The Labute approximate surface area is 254 Å². The van der Waals surface area contributed by atoms with Gasteiger partial charge in [-0.15, -0.1) is 0 Å². The van der Waals surface area contributed by atoms with Crippen LogP contribution in [0.25, 0.3) is 22.6 Å². The molecule has 2 aliphatic heterocycles. The van der Waals surface area contributed by atoms with Crippen molar-refractivity contribution in [3.63, 3.8) is 0 Å². The molecule has 2 heterocycles. The summed E-state index contributed by atoms with van der Waals surface area (Å²) in [6, 6.07) is 11.4. The van der Waals surface area contributed by atoms with Crippen LogP contribution in [0.4, 0.5) is 17.1 Å². The van der Waals surface area contributed by atoms with Crippen molar-refractivity contribution in [2.75, 3.05) is 11.1 Å². The van der Waals surface area contributed by atoms with Gasteiger partial charge in [0.15, 0.2) is 32.6 Å². The van der Waals surface area contributed by atoms with Crippen LogP contribution in [-0.2, 0) is 31.3 Å². The average Bonchev–Trinajstić information content (AvgIpc) is 2.93. The standard InChI is InChI=1S/C24H14Cl2N4O10S3/c25-14-17-21(38-19-11(29-17)7-6-10(27)23(19)42(32,33)34)15(26)18-22(14)39-20-12(30-18)8-13(16(28)24(20)43(35,36)37)41(31)40-9-4-2-1-3-5-9/h1-8,28-29H,27H2,(H,32,33,34)(H,35,36,37). The monoisotopic (exact) mass is 684 g/mol. The molecule has 0 spiro atoms. The summed E-state index contributed by atoms with van der Waals surface area (Å²) in [5, 5.41) is 9.77. The number of fused-ring (bicyclic) bond motifs is 4. The van der Waals surface area contributed by atoms with E-state index in [4.69, 9.17) is 47.7 Å². The second-order valence-electron chi connectivity index (χ2n) is 8.82. The molecule has 19 heteroatoms. The van der Waals surface area contributed by atoms with Gasteiger partial charge >= 0.3 is 10.1 Å². The molecule has 3 aromatic carbocycles. The van der Waals surface area contributed by atoms with Crippen LogP contribution >= 0.6 is 23.2 Å². The van der Waals surface area contributed by atoms with E-state index in [2.05, 4.69) is 10.3 Å². The van der Waals surface area contributed by atoms with Gasteiger partial charge in [-0.3, -0.25) is 14.5 Å². The zero-order chi connectivity index (χ0) is 31.0. The number of rotatable bonds is 5. The normalized spacial score (nSPS) is 13.6. The lowest BCUT2D eigenvalue weighted by molar-refractivity contribution is 0.449. The SMILES string of the molecule is N=c1c(S(=O)Oc2ccccc2)cc2nc3c(Cl)c4c(c(Cl)c3oc-2c1S(=O)(=O)O)Nc1ccc(N)c(S(=O)(=O)O)c1O4. The van der Waals surface area contributed by atoms with Gasteiger partial charge in [-0.25, -0.2) is 9.19 Å². The molecule has 0 radical (unpaired) electrons. The number of nitrogen functional groups attached to an aromatic ring is 1. The smallest absolute Gasteiger partial charge is 0.300 e. The van der Waals surface area contributed by atoms with Crippen molar-refractivity contribution in [3.05, 3.63) is 63.9 Å². The van der Waals surface area contributed by atoms with E-state index in [9.17, 15) is 30.1 Å². The van der Waals surface area contributed by atoms with E-state index in [0.29, 0.717) is 0 Å². The molecule has 0 fully saturated rings. The lowest BCUT2D eigenvalue weighted by Gasteiger charge is -2.26. The summed E-state index contributed by atoms with van der Waals surface area (Å²) in [6.07, 6.45) is 0. The predicted molar refractivity (Wildman–Crippen MR) is 154 cm³/mol. The molecule has 1 unspecified atom stereocenters. The number of hydrogen-bond acceptors (Lipinski definition) is 12. The highest BCUT2D eigenvalue weighted by molar-refractivity contribution is 7.86. The van der Waals surface area contributed by atoms with Crippen LogP contribution in [-0.4, -0.2) is 35.1 Å². The first kappa shape index (κ1) is 29.1. The van der Waals surface area contributed by atoms with Crippen LogP contribution in [0, 0.1) is 5.41 Å². The lowest BCUT2D eigenvalue weighted by atomic mass is 10.1. The maximum atomic E-state index is 13.1. The zero-order valence-corrected chi connectivity index (χ0v) is 24.7. The number of ether oxygens (including phenoxy) is 1. The summed E-state index contributed by atoms with van der Waals surface area (Å²) in [4.78, 5) is 2.02.